The second-order valence-corrected chi connectivity index (χ2v) is 5.21. The van der Waals surface area contributed by atoms with Crippen molar-refractivity contribution in [1.82, 2.24) is 0 Å². The van der Waals surface area contributed by atoms with Crippen LogP contribution in [0.25, 0.3) is 0 Å². The summed E-state index contributed by atoms with van der Waals surface area (Å²) in [6.45, 7) is 10.3. The van der Waals surface area contributed by atoms with Crippen LogP contribution < -0.4 is 0 Å². The number of rotatable bonds is 7. The van der Waals surface area contributed by atoms with E-state index in [2.05, 4.69) is 0 Å². The number of carbonyl (C=O) groups is 2. The third-order valence-corrected chi connectivity index (χ3v) is 2.01. The van der Waals surface area contributed by atoms with Gasteiger partial charge in [0, 0.05) is 0 Å². The molecule has 0 N–H and O–H groups in total. The zero-order valence-corrected chi connectivity index (χ0v) is 11.5. The highest BCUT2D eigenvalue weighted by Crippen LogP contribution is 2.08. The van der Waals surface area contributed by atoms with Crippen molar-refractivity contribution in [2.75, 3.05) is 13.2 Å². The molecule has 0 aromatic rings. The smallest absolute Gasteiger partial charge is 0.309 e. The molecular weight excluding hydrogens is 220 g/mol. The van der Waals surface area contributed by atoms with Gasteiger partial charge in [0.1, 0.15) is 0 Å². The number of hydrogen-bond donors (Lipinski definition) is 0. The molecule has 4 heteroatoms. The van der Waals surface area contributed by atoms with Crippen LogP contribution in [0.2, 0.25) is 0 Å². The molecule has 0 aliphatic heterocycles. The number of esters is 2. The van der Waals surface area contributed by atoms with Gasteiger partial charge in [0.2, 0.25) is 0 Å². The van der Waals surface area contributed by atoms with Gasteiger partial charge >= 0.3 is 11.9 Å². The third kappa shape index (κ3) is 8.72. The highest BCUT2D eigenvalue weighted by molar-refractivity contribution is 5.79. The van der Waals surface area contributed by atoms with Gasteiger partial charge < -0.3 is 9.47 Å². The lowest BCUT2D eigenvalue weighted by Gasteiger charge is -2.13. The summed E-state index contributed by atoms with van der Waals surface area (Å²) in [7, 11) is 0. The van der Waals surface area contributed by atoms with Crippen molar-refractivity contribution in [2.45, 2.75) is 41.0 Å². The van der Waals surface area contributed by atoms with E-state index >= 15 is 0 Å². The molecule has 100 valence electrons. The minimum Gasteiger partial charge on any atom is -0.465 e. The molecule has 4 nitrogen and oxygen atoms in total. The molecule has 0 unspecified atom stereocenters. The van der Waals surface area contributed by atoms with Crippen molar-refractivity contribution >= 4 is 11.9 Å². The molecule has 0 aliphatic rings. The average Bonchev–Trinajstić information content (AvgIpc) is 2.22. The zero-order valence-electron chi connectivity index (χ0n) is 11.5. The molecule has 17 heavy (non-hydrogen) atoms. The Labute approximate surface area is 104 Å². The second-order valence-electron chi connectivity index (χ2n) is 5.21. The maximum atomic E-state index is 11.5. The van der Waals surface area contributed by atoms with Crippen molar-refractivity contribution < 1.29 is 19.1 Å². The van der Waals surface area contributed by atoms with Gasteiger partial charge in [0.15, 0.2) is 0 Å². The van der Waals surface area contributed by atoms with Gasteiger partial charge in [-0.25, -0.2) is 0 Å². The maximum absolute atomic E-state index is 11.5. The summed E-state index contributed by atoms with van der Waals surface area (Å²) in [5, 5.41) is 0. The first-order valence-corrected chi connectivity index (χ1v) is 6.15. The third-order valence-electron chi connectivity index (χ3n) is 2.01. The molecule has 0 heterocycles. The van der Waals surface area contributed by atoms with Gasteiger partial charge in [-0.05, 0) is 11.8 Å². The van der Waals surface area contributed by atoms with Crippen molar-refractivity contribution in [2.24, 2.45) is 17.8 Å². The SMILES string of the molecule is CC(C)COC(=O)C[C@H](C)C(=O)OCC(C)C. The fourth-order valence-electron chi connectivity index (χ4n) is 1.04. The quantitative estimate of drug-likeness (QED) is 0.645. The Balaban J connectivity index is 3.86. The molecule has 0 aliphatic carbocycles. The maximum Gasteiger partial charge on any atom is 0.309 e. The first-order valence-electron chi connectivity index (χ1n) is 6.15. The summed E-state index contributed by atoms with van der Waals surface area (Å²) in [6.07, 6.45) is 0.0870. The molecule has 0 radical (unpaired) electrons. The lowest BCUT2D eigenvalue weighted by molar-refractivity contribution is -0.155. The van der Waals surface area contributed by atoms with E-state index in [0.29, 0.717) is 25.0 Å². The molecule has 0 saturated carbocycles. The molecule has 0 aromatic carbocycles. The molecule has 0 spiro atoms. The van der Waals surface area contributed by atoms with Crippen molar-refractivity contribution in [3.63, 3.8) is 0 Å². The molecule has 0 fully saturated rings. The summed E-state index contributed by atoms with van der Waals surface area (Å²) in [5.41, 5.74) is 0. The van der Waals surface area contributed by atoms with Crippen molar-refractivity contribution in [1.29, 1.82) is 0 Å². The van der Waals surface area contributed by atoms with E-state index in [1.54, 1.807) is 6.92 Å². The number of ether oxygens (including phenoxy) is 2. The van der Waals surface area contributed by atoms with Gasteiger partial charge in [-0.3, -0.25) is 9.59 Å². The summed E-state index contributed by atoms with van der Waals surface area (Å²) < 4.78 is 10.0. The fourth-order valence-corrected chi connectivity index (χ4v) is 1.04. The molecule has 0 amide bonds. The highest BCUT2D eigenvalue weighted by Gasteiger charge is 2.19. The highest BCUT2D eigenvalue weighted by atomic mass is 16.5. The first kappa shape index (κ1) is 15.9. The fraction of sp³-hybridized carbons (Fsp3) is 0.846. The van der Waals surface area contributed by atoms with Gasteiger partial charge in [-0.1, -0.05) is 34.6 Å². The largest absolute Gasteiger partial charge is 0.465 e. The Kier molecular flexibility index (Phi) is 7.59. The molecule has 1 atom stereocenters. The normalized spacial score (nSPS) is 12.6. The number of carbonyl (C=O) groups excluding carboxylic acids is 2. The van der Waals surface area contributed by atoms with Gasteiger partial charge in [-0.2, -0.15) is 0 Å². The first-order chi connectivity index (χ1) is 7.82. The number of hydrogen-bond acceptors (Lipinski definition) is 4. The van der Waals surface area contributed by atoms with Crippen LogP contribution >= 0.6 is 0 Å². The Morgan fingerprint density at radius 2 is 1.35 bits per heavy atom. The van der Waals surface area contributed by atoms with E-state index in [1.165, 1.54) is 0 Å². The zero-order chi connectivity index (χ0) is 13.4. The predicted octanol–water partition coefficient (Wildman–Crippen LogP) is 2.41. The van der Waals surface area contributed by atoms with Crippen LogP contribution in [-0.2, 0) is 19.1 Å². The van der Waals surface area contributed by atoms with E-state index in [4.69, 9.17) is 9.47 Å². The average molecular weight is 244 g/mol. The molecule has 0 aromatic heterocycles. The van der Waals surface area contributed by atoms with Crippen molar-refractivity contribution in [3.05, 3.63) is 0 Å². The monoisotopic (exact) mass is 244 g/mol. The lowest BCUT2D eigenvalue weighted by atomic mass is 10.1. The summed E-state index contributed by atoms with van der Waals surface area (Å²) >= 11 is 0. The lowest BCUT2D eigenvalue weighted by Crippen LogP contribution is -2.21. The van der Waals surface area contributed by atoms with Gasteiger partial charge in [0.25, 0.3) is 0 Å². The van der Waals surface area contributed by atoms with E-state index < -0.39 is 5.92 Å². The molecule has 0 rings (SSSR count). The van der Waals surface area contributed by atoms with Crippen molar-refractivity contribution in [3.8, 4) is 0 Å². The Morgan fingerprint density at radius 1 is 0.882 bits per heavy atom. The van der Waals surface area contributed by atoms with E-state index in [0.717, 1.165) is 0 Å². The predicted molar refractivity (Wildman–Crippen MR) is 65.4 cm³/mol. The summed E-state index contributed by atoms with van der Waals surface area (Å²) in [4.78, 5) is 22.9. The van der Waals surface area contributed by atoms with Gasteiger partial charge in [0.05, 0.1) is 25.6 Å². The molecule has 0 bridgehead atoms. The van der Waals surface area contributed by atoms with Crippen LogP contribution in [0.5, 0.6) is 0 Å². The Bertz CT molecular complexity index is 246. The van der Waals surface area contributed by atoms with Crippen LogP contribution in [-0.4, -0.2) is 25.2 Å². The van der Waals surface area contributed by atoms with Crippen LogP contribution in [0, 0.1) is 17.8 Å². The standard InChI is InChI=1S/C13H24O4/c1-9(2)7-16-12(14)6-11(5)13(15)17-8-10(3)4/h9-11H,6-8H2,1-5H3/t11-/m0/s1. The van der Waals surface area contributed by atoms with Crippen LogP contribution in [0.3, 0.4) is 0 Å². The van der Waals surface area contributed by atoms with Crippen LogP contribution in [0.4, 0.5) is 0 Å². The summed E-state index contributed by atoms with van der Waals surface area (Å²) in [5.74, 6) is -0.498. The van der Waals surface area contributed by atoms with Gasteiger partial charge in [-0.15, -0.1) is 0 Å². The van der Waals surface area contributed by atoms with Crippen LogP contribution in [0.15, 0.2) is 0 Å². The molecule has 0 saturated heterocycles. The van der Waals surface area contributed by atoms with E-state index in [-0.39, 0.29) is 18.4 Å². The second kappa shape index (κ2) is 8.09. The minimum atomic E-state index is -0.437. The Morgan fingerprint density at radius 3 is 1.82 bits per heavy atom. The molecular formula is C13H24O4. The van der Waals surface area contributed by atoms with E-state index in [1.807, 2.05) is 27.7 Å². The van der Waals surface area contributed by atoms with E-state index in [9.17, 15) is 9.59 Å². The summed E-state index contributed by atoms with van der Waals surface area (Å²) in [6, 6.07) is 0. The Hall–Kier alpha value is -1.06. The topological polar surface area (TPSA) is 52.6 Å². The minimum absolute atomic E-state index is 0.0870. The van der Waals surface area contributed by atoms with Crippen LogP contribution in [0.1, 0.15) is 41.0 Å².